The molecule has 0 atom stereocenters. The Morgan fingerprint density at radius 1 is 1.42 bits per heavy atom. The van der Waals surface area contributed by atoms with Crippen LogP contribution in [0.5, 0.6) is 0 Å². The molecular formula is C19H23N3OS. The Morgan fingerprint density at radius 2 is 2.29 bits per heavy atom. The Hall–Kier alpha value is -1.85. The van der Waals surface area contributed by atoms with Crippen molar-refractivity contribution in [2.45, 2.75) is 45.1 Å². The van der Waals surface area contributed by atoms with Gasteiger partial charge in [-0.15, -0.1) is 11.3 Å². The standard InChI is InChI=1S/C19H23N3OS/c1-12-17(7-8-20)24-19-16(21-11-14-6-3-9-23-14)10-15(22-18(12)19)13-4-2-5-13/h3,6,9-10,13H,2,4-5,7-8,11,20H2,1H3,(H,21,22). The van der Waals surface area contributed by atoms with Crippen molar-refractivity contribution in [3.8, 4) is 0 Å². The van der Waals surface area contributed by atoms with Crippen molar-refractivity contribution >= 4 is 27.2 Å². The van der Waals surface area contributed by atoms with Gasteiger partial charge in [-0.05, 0) is 56.5 Å². The third-order valence-corrected chi connectivity index (χ3v) is 6.29. The van der Waals surface area contributed by atoms with E-state index in [-0.39, 0.29) is 0 Å². The third-order valence-electron chi connectivity index (χ3n) is 4.92. The van der Waals surface area contributed by atoms with Crippen LogP contribution in [0.2, 0.25) is 0 Å². The summed E-state index contributed by atoms with van der Waals surface area (Å²) in [6.45, 7) is 3.55. The molecule has 1 fully saturated rings. The minimum absolute atomic E-state index is 0.621. The molecule has 3 N–H and O–H groups in total. The van der Waals surface area contributed by atoms with Crippen LogP contribution in [-0.4, -0.2) is 11.5 Å². The van der Waals surface area contributed by atoms with Gasteiger partial charge in [0.25, 0.3) is 0 Å². The average molecular weight is 341 g/mol. The lowest BCUT2D eigenvalue weighted by molar-refractivity contribution is 0.412. The maximum atomic E-state index is 5.78. The summed E-state index contributed by atoms with van der Waals surface area (Å²) in [7, 11) is 0. The number of pyridine rings is 1. The van der Waals surface area contributed by atoms with E-state index in [0.717, 1.165) is 17.7 Å². The first-order chi connectivity index (χ1) is 11.8. The van der Waals surface area contributed by atoms with Crippen molar-refractivity contribution in [2.75, 3.05) is 11.9 Å². The van der Waals surface area contributed by atoms with Gasteiger partial charge in [-0.25, -0.2) is 0 Å². The van der Waals surface area contributed by atoms with Gasteiger partial charge in [0, 0.05) is 16.5 Å². The van der Waals surface area contributed by atoms with Gasteiger partial charge in [0.15, 0.2) is 0 Å². The lowest BCUT2D eigenvalue weighted by atomic mass is 9.82. The first-order valence-corrected chi connectivity index (χ1v) is 9.47. The number of thiophene rings is 1. The van der Waals surface area contributed by atoms with Crippen LogP contribution in [0.4, 0.5) is 5.69 Å². The van der Waals surface area contributed by atoms with Crippen molar-refractivity contribution in [3.63, 3.8) is 0 Å². The summed E-state index contributed by atoms with van der Waals surface area (Å²) in [5.41, 5.74) is 10.6. The summed E-state index contributed by atoms with van der Waals surface area (Å²) >= 11 is 1.82. The number of fused-ring (bicyclic) bond motifs is 1. The number of aryl methyl sites for hydroxylation is 1. The number of nitrogens with one attached hydrogen (secondary N) is 1. The quantitative estimate of drug-likeness (QED) is 0.689. The minimum Gasteiger partial charge on any atom is -0.467 e. The predicted molar refractivity (Wildman–Crippen MR) is 99.7 cm³/mol. The summed E-state index contributed by atoms with van der Waals surface area (Å²) < 4.78 is 6.69. The molecule has 24 heavy (non-hydrogen) atoms. The monoisotopic (exact) mass is 341 g/mol. The predicted octanol–water partition coefficient (Wildman–Crippen LogP) is 4.58. The van der Waals surface area contributed by atoms with Gasteiger partial charge in [0.05, 0.1) is 28.7 Å². The molecule has 0 aliphatic heterocycles. The SMILES string of the molecule is Cc1c(CCN)sc2c(NCc3ccco3)cc(C3CCC3)nc12. The molecule has 1 saturated carbocycles. The number of hydrogen-bond donors (Lipinski definition) is 2. The number of nitrogens with zero attached hydrogens (tertiary/aromatic N) is 1. The fourth-order valence-electron chi connectivity index (χ4n) is 3.25. The molecule has 4 nitrogen and oxygen atoms in total. The van der Waals surface area contributed by atoms with Gasteiger partial charge in [-0.3, -0.25) is 4.98 Å². The molecule has 0 unspecified atom stereocenters. The Kier molecular flexibility index (Phi) is 4.29. The smallest absolute Gasteiger partial charge is 0.122 e. The van der Waals surface area contributed by atoms with E-state index in [9.17, 15) is 0 Å². The molecule has 0 bridgehead atoms. The second-order valence-corrected chi connectivity index (χ2v) is 7.63. The molecule has 0 amide bonds. The Morgan fingerprint density at radius 3 is 2.96 bits per heavy atom. The zero-order valence-corrected chi connectivity index (χ0v) is 14.8. The fraction of sp³-hybridized carbons (Fsp3) is 0.421. The van der Waals surface area contributed by atoms with Crippen molar-refractivity contribution in [1.29, 1.82) is 0 Å². The molecule has 1 aliphatic rings. The zero-order chi connectivity index (χ0) is 16.5. The van der Waals surface area contributed by atoms with Crippen molar-refractivity contribution in [2.24, 2.45) is 5.73 Å². The Bertz CT molecular complexity index is 834. The van der Waals surface area contributed by atoms with Gasteiger partial charge in [0.2, 0.25) is 0 Å². The van der Waals surface area contributed by atoms with Gasteiger partial charge in [-0.2, -0.15) is 0 Å². The summed E-state index contributed by atoms with van der Waals surface area (Å²) in [5, 5.41) is 3.56. The van der Waals surface area contributed by atoms with E-state index in [1.807, 2.05) is 23.5 Å². The topological polar surface area (TPSA) is 64.1 Å². The number of nitrogens with two attached hydrogens (primary N) is 1. The molecule has 0 spiro atoms. The van der Waals surface area contributed by atoms with E-state index in [1.165, 1.54) is 45.8 Å². The van der Waals surface area contributed by atoms with E-state index < -0.39 is 0 Å². The second-order valence-electron chi connectivity index (χ2n) is 6.52. The number of furan rings is 1. The van der Waals surface area contributed by atoms with Crippen LogP contribution in [0, 0.1) is 6.92 Å². The molecule has 0 saturated heterocycles. The molecule has 126 valence electrons. The van der Waals surface area contributed by atoms with Crippen LogP contribution >= 0.6 is 11.3 Å². The van der Waals surface area contributed by atoms with E-state index in [2.05, 4.69) is 18.3 Å². The highest BCUT2D eigenvalue weighted by atomic mass is 32.1. The molecule has 0 radical (unpaired) electrons. The second kappa shape index (κ2) is 6.57. The van der Waals surface area contributed by atoms with E-state index in [4.69, 9.17) is 15.1 Å². The van der Waals surface area contributed by atoms with Gasteiger partial charge < -0.3 is 15.5 Å². The first-order valence-electron chi connectivity index (χ1n) is 8.65. The maximum absolute atomic E-state index is 5.78. The van der Waals surface area contributed by atoms with Gasteiger partial charge >= 0.3 is 0 Å². The van der Waals surface area contributed by atoms with Crippen LogP contribution < -0.4 is 11.1 Å². The molecule has 0 aromatic carbocycles. The average Bonchev–Trinajstić information content (AvgIpc) is 3.14. The zero-order valence-electron chi connectivity index (χ0n) is 14.0. The molecule has 3 aromatic rings. The van der Waals surface area contributed by atoms with Crippen LogP contribution in [0.3, 0.4) is 0 Å². The van der Waals surface area contributed by atoms with E-state index >= 15 is 0 Å². The molecule has 4 rings (SSSR count). The lowest BCUT2D eigenvalue weighted by Crippen LogP contribution is -2.11. The molecular weight excluding hydrogens is 318 g/mol. The van der Waals surface area contributed by atoms with E-state index in [0.29, 0.717) is 19.0 Å². The van der Waals surface area contributed by atoms with Crippen LogP contribution in [0.1, 0.15) is 47.1 Å². The third kappa shape index (κ3) is 2.82. The maximum Gasteiger partial charge on any atom is 0.122 e. The van der Waals surface area contributed by atoms with Crippen molar-refractivity contribution < 1.29 is 4.42 Å². The van der Waals surface area contributed by atoms with Crippen molar-refractivity contribution in [3.05, 3.63) is 46.4 Å². The highest BCUT2D eigenvalue weighted by Crippen LogP contribution is 2.41. The van der Waals surface area contributed by atoms with E-state index in [1.54, 1.807) is 6.26 Å². The molecule has 5 heteroatoms. The summed E-state index contributed by atoms with van der Waals surface area (Å²) in [6, 6.07) is 6.17. The minimum atomic E-state index is 0.621. The number of hydrogen-bond acceptors (Lipinski definition) is 5. The number of anilines is 1. The molecule has 3 aromatic heterocycles. The van der Waals surface area contributed by atoms with Gasteiger partial charge in [-0.1, -0.05) is 6.42 Å². The normalized spacial score (nSPS) is 14.9. The van der Waals surface area contributed by atoms with Crippen LogP contribution in [-0.2, 0) is 13.0 Å². The summed E-state index contributed by atoms with van der Waals surface area (Å²) in [4.78, 5) is 6.37. The van der Waals surface area contributed by atoms with Crippen LogP contribution in [0.25, 0.3) is 10.2 Å². The lowest BCUT2D eigenvalue weighted by Gasteiger charge is -2.25. The fourth-order valence-corrected chi connectivity index (χ4v) is 4.50. The number of aromatic nitrogens is 1. The largest absolute Gasteiger partial charge is 0.467 e. The Balaban J connectivity index is 1.74. The van der Waals surface area contributed by atoms with Crippen molar-refractivity contribution in [1.82, 2.24) is 4.98 Å². The highest BCUT2D eigenvalue weighted by Gasteiger charge is 2.23. The van der Waals surface area contributed by atoms with Crippen LogP contribution in [0.15, 0.2) is 28.9 Å². The van der Waals surface area contributed by atoms with Gasteiger partial charge in [0.1, 0.15) is 5.76 Å². The highest BCUT2D eigenvalue weighted by molar-refractivity contribution is 7.19. The summed E-state index contributed by atoms with van der Waals surface area (Å²) in [6.07, 6.45) is 6.47. The first kappa shape index (κ1) is 15.7. The summed E-state index contributed by atoms with van der Waals surface area (Å²) in [5.74, 6) is 1.57. The Labute approximate surface area is 146 Å². The molecule has 1 aliphatic carbocycles. The molecule has 3 heterocycles. The number of rotatable bonds is 6.